The first-order chi connectivity index (χ1) is 12.0. The van der Waals surface area contributed by atoms with Gasteiger partial charge in [-0.25, -0.2) is 8.42 Å². The molecule has 124 valence electrons. The zero-order chi connectivity index (χ0) is 17.4. The number of benzene rings is 3. The SMILES string of the molecule is CS(=O)(=O)c1ccc(-c2c(-c3ccccc3)sc3ccccc23)cc1. The first-order valence-corrected chi connectivity index (χ1v) is 10.6. The molecule has 25 heavy (non-hydrogen) atoms. The fourth-order valence-corrected chi connectivity index (χ4v) is 4.85. The highest BCUT2D eigenvalue weighted by atomic mass is 32.2. The van der Waals surface area contributed by atoms with E-state index in [0.717, 1.165) is 11.1 Å². The highest BCUT2D eigenvalue weighted by Gasteiger charge is 2.16. The lowest BCUT2D eigenvalue weighted by Crippen LogP contribution is -1.96. The number of hydrogen-bond acceptors (Lipinski definition) is 3. The second-order valence-electron chi connectivity index (χ2n) is 5.96. The van der Waals surface area contributed by atoms with Gasteiger partial charge in [-0.1, -0.05) is 60.7 Å². The minimum atomic E-state index is -3.19. The molecule has 4 heteroatoms. The Morgan fingerprint density at radius 1 is 0.720 bits per heavy atom. The molecule has 0 bridgehead atoms. The van der Waals surface area contributed by atoms with Crippen LogP contribution in [0.15, 0.2) is 83.8 Å². The highest BCUT2D eigenvalue weighted by Crippen LogP contribution is 2.44. The summed E-state index contributed by atoms with van der Waals surface area (Å²) >= 11 is 1.76. The quantitative estimate of drug-likeness (QED) is 0.471. The topological polar surface area (TPSA) is 34.1 Å². The average molecular weight is 364 g/mol. The van der Waals surface area contributed by atoms with Crippen LogP contribution in [-0.2, 0) is 9.84 Å². The fraction of sp³-hybridized carbons (Fsp3) is 0.0476. The summed E-state index contributed by atoms with van der Waals surface area (Å²) in [5.74, 6) is 0. The minimum absolute atomic E-state index is 0.344. The van der Waals surface area contributed by atoms with Crippen molar-refractivity contribution in [1.82, 2.24) is 0 Å². The van der Waals surface area contributed by atoms with Crippen molar-refractivity contribution in [3.8, 4) is 21.6 Å². The third-order valence-electron chi connectivity index (χ3n) is 4.20. The largest absolute Gasteiger partial charge is 0.224 e. The molecule has 3 aromatic carbocycles. The Labute approximate surface area is 151 Å². The van der Waals surface area contributed by atoms with E-state index in [1.165, 1.54) is 26.8 Å². The summed E-state index contributed by atoms with van der Waals surface area (Å²) in [4.78, 5) is 1.55. The van der Waals surface area contributed by atoms with Gasteiger partial charge in [-0.05, 0) is 29.3 Å². The van der Waals surface area contributed by atoms with Crippen molar-refractivity contribution in [2.45, 2.75) is 4.90 Å². The van der Waals surface area contributed by atoms with Crippen LogP contribution < -0.4 is 0 Å². The van der Waals surface area contributed by atoms with Gasteiger partial charge in [0.2, 0.25) is 0 Å². The molecule has 1 heterocycles. The summed E-state index contributed by atoms with van der Waals surface area (Å²) in [6.45, 7) is 0. The maximum absolute atomic E-state index is 11.7. The molecule has 0 unspecified atom stereocenters. The predicted octanol–water partition coefficient (Wildman–Crippen LogP) is 5.64. The zero-order valence-electron chi connectivity index (χ0n) is 13.6. The van der Waals surface area contributed by atoms with E-state index in [9.17, 15) is 8.42 Å². The number of thiophene rings is 1. The summed E-state index contributed by atoms with van der Waals surface area (Å²) < 4.78 is 24.7. The Morgan fingerprint density at radius 2 is 1.36 bits per heavy atom. The van der Waals surface area contributed by atoms with Crippen molar-refractivity contribution in [2.24, 2.45) is 0 Å². The summed E-state index contributed by atoms with van der Waals surface area (Å²) in [5.41, 5.74) is 3.36. The van der Waals surface area contributed by atoms with Crippen molar-refractivity contribution in [1.29, 1.82) is 0 Å². The molecule has 0 aliphatic heterocycles. The van der Waals surface area contributed by atoms with Crippen LogP contribution in [0.4, 0.5) is 0 Å². The molecule has 1 aromatic heterocycles. The molecule has 0 saturated carbocycles. The molecule has 2 nitrogen and oxygen atoms in total. The summed E-state index contributed by atoms with van der Waals surface area (Å²) in [5, 5.41) is 1.19. The Balaban J connectivity index is 1.97. The second kappa shape index (κ2) is 6.14. The van der Waals surface area contributed by atoms with Gasteiger partial charge >= 0.3 is 0 Å². The van der Waals surface area contributed by atoms with Gasteiger partial charge < -0.3 is 0 Å². The molecule has 0 atom stereocenters. The molecule has 0 N–H and O–H groups in total. The fourth-order valence-electron chi connectivity index (χ4n) is 2.99. The normalized spacial score (nSPS) is 11.7. The standard InChI is InChI=1S/C21H16O2S2/c1-25(22,23)17-13-11-15(12-14-17)20-18-9-5-6-10-19(18)24-21(20)16-7-3-2-4-8-16/h2-14H,1H3. The van der Waals surface area contributed by atoms with Crippen LogP contribution in [0.1, 0.15) is 0 Å². The van der Waals surface area contributed by atoms with Crippen LogP contribution in [0.2, 0.25) is 0 Å². The van der Waals surface area contributed by atoms with E-state index in [4.69, 9.17) is 0 Å². The van der Waals surface area contributed by atoms with Gasteiger partial charge in [-0.2, -0.15) is 0 Å². The molecule has 0 saturated heterocycles. The van der Waals surface area contributed by atoms with Crippen LogP contribution in [-0.4, -0.2) is 14.7 Å². The lowest BCUT2D eigenvalue weighted by molar-refractivity contribution is 0.602. The minimum Gasteiger partial charge on any atom is -0.224 e. The predicted molar refractivity (Wildman–Crippen MR) is 106 cm³/mol. The molecule has 4 aromatic rings. The van der Waals surface area contributed by atoms with Crippen molar-refractivity contribution < 1.29 is 8.42 Å². The number of sulfone groups is 1. The molecule has 0 aliphatic rings. The smallest absolute Gasteiger partial charge is 0.175 e. The van der Waals surface area contributed by atoms with E-state index in [2.05, 4.69) is 24.3 Å². The van der Waals surface area contributed by atoms with E-state index in [1.54, 1.807) is 23.5 Å². The molecule has 0 fully saturated rings. The van der Waals surface area contributed by atoms with Gasteiger partial charge in [0.15, 0.2) is 9.84 Å². The molecule has 0 spiro atoms. The van der Waals surface area contributed by atoms with Crippen LogP contribution >= 0.6 is 11.3 Å². The zero-order valence-corrected chi connectivity index (χ0v) is 15.3. The lowest BCUT2D eigenvalue weighted by Gasteiger charge is -2.07. The number of fused-ring (bicyclic) bond motifs is 1. The van der Waals surface area contributed by atoms with Crippen molar-refractivity contribution in [3.63, 3.8) is 0 Å². The summed E-state index contributed by atoms with van der Waals surface area (Å²) in [6.07, 6.45) is 1.23. The molecule has 0 radical (unpaired) electrons. The monoisotopic (exact) mass is 364 g/mol. The first-order valence-electron chi connectivity index (χ1n) is 7.91. The van der Waals surface area contributed by atoms with Gasteiger partial charge in [-0.3, -0.25) is 0 Å². The molecule has 0 aliphatic carbocycles. The van der Waals surface area contributed by atoms with E-state index in [0.29, 0.717) is 4.90 Å². The molecular formula is C21H16O2S2. The maximum Gasteiger partial charge on any atom is 0.175 e. The van der Waals surface area contributed by atoms with Crippen molar-refractivity contribution in [2.75, 3.05) is 6.26 Å². The van der Waals surface area contributed by atoms with Gasteiger partial charge in [-0.15, -0.1) is 11.3 Å². The van der Waals surface area contributed by atoms with Crippen molar-refractivity contribution >= 4 is 31.3 Å². The third-order valence-corrected chi connectivity index (χ3v) is 6.55. The summed E-state index contributed by atoms with van der Waals surface area (Å²) in [6, 6.07) is 25.8. The number of rotatable bonds is 3. The van der Waals surface area contributed by atoms with Gasteiger partial charge in [0.1, 0.15) is 0 Å². The Bertz CT molecular complexity index is 1140. The molecular weight excluding hydrogens is 348 g/mol. The van der Waals surface area contributed by atoms with E-state index >= 15 is 0 Å². The van der Waals surface area contributed by atoms with E-state index < -0.39 is 9.84 Å². The van der Waals surface area contributed by atoms with Crippen LogP contribution in [0.5, 0.6) is 0 Å². The summed E-state index contributed by atoms with van der Waals surface area (Å²) in [7, 11) is -3.19. The lowest BCUT2D eigenvalue weighted by atomic mass is 9.99. The Morgan fingerprint density at radius 3 is 2.04 bits per heavy atom. The Kier molecular flexibility index (Phi) is 3.94. The van der Waals surface area contributed by atoms with Crippen LogP contribution in [0, 0.1) is 0 Å². The number of hydrogen-bond donors (Lipinski definition) is 0. The highest BCUT2D eigenvalue weighted by molar-refractivity contribution is 7.90. The molecule has 4 rings (SSSR count). The van der Waals surface area contributed by atoms with Crippen LogP contribution in [0.25, 0.3) is 31.7 Å². The maximum atomic E-state index is 11.7. The third kappa shape index (κ3) is 2.99. The first kappa shape index (κ1) is 16.1. The van der Waals surface area contributed by atoms with Gasteiger partial charge in [0, 0.05) is 26.8 Å². The van der Waals surface area contributed by atoms with E-state index in [-0.39, 0.29) is 0 Å². The average Bonchev–Trinajstić information content (AvgIpc) is 3.01. The van der Waals surface area contributed by atoms with Crippen molar-refractivity contribution in [3.05, 3.63) is 78.9 Å². The van der Waals surface area contributed by atoms with Gasteiger partial charge in [0.25, 0.3) is 0 Å². The second-order valence-corrected chi connectivity index (χ2v) is 9.03. The van der Waals surface area contributed by atoms with Crippen LogP contribution in [0.3, 0.4) is 0 Å². The molecule has 0 amide bonds. The van der Waals surface area contributed by atoms with E-state index in [1.807, 2.05) is 42.5 Å². The van der Waals surface area contributed by atoms with Gasteiger partial charge in [0.05, 0.1) is 4.90 Å². The Hall–Kier alpha value is -2.43.